The summed E-state index contributed by atoms with van der Waals surface area (Å²) in [5.74, 6) is -0.187. The van der Waals surface area contributed by atoms with Crippen molar-refractivity contribution in [1.29, 1.82) is 0 Å². The summed E-state index contributed by atoms with van der Waals surface area (Å²) < 4.78 is 29.6. The summed E-state index contributed by atoms with van der Waals surface area (Å²) in [6.45, 7) is -0.932. The summed E-state index contributed by atoms with van der Waals surface area (Å²) in [4.78, 5) is 27.2. The van der Waals surface area contributed by atoms with Crippen LogP contribution in [0, 0.1) is 0 Å². The van der Waals surface area contributed by atoms with Gasteiger partial charge in [-0.25, -0.2) is 4.79 Å². The number of rotatable bonds is 7. The van der Waals surface area contributed by atoms with Crippen molar-refractivity contribution in [3.05, 3.63) is 50.6 Å². The lowest BCUT2D eigenvalue weighted by Gasteiger charge is -2.21. The SMILES string of the molecule is CC1(CCc2ccc(OC(F)F)cc2)NC(=O)N(Cc2ccc(Br)s2)C1=O. The first-order valence-corrected chi connectivity index (χ1v) is 9.80. The summed E-state index contributed by atoms with van der Waals surface area (Å²) in [5, 5.41) is 2.77. The quantitative estimate of drug-likeness (QED) is 0.618. The van der Waals surface area contributed by atoms with Gasteiger partial charge in [0.1, 0.15) is 11.3 Å². The van der Waals surface area contributed by atoms with Crippen LogP contribution in [0.3, 0.4) is 0 Å². The summed E-state index contributed by atoms with van der Waals surface area (Å²) in [6.07, 6.45) is 0.910. The molecule has 0 radical (unpaired) electrons. The molecule has 0 aliphatic carbocycles. The van der Waals surface area contributed by atoms with Crippen LogP contribution in [-0.4, -0.2) is 29.0 Å². The highest BCUT2D eigenvalue weighted by Crippen LogP contribution is 2.28. The third-order valence-electron chi connectivity index (χ3n) is 4.35. The van der Waals surface area contributed by atoms with Gasteiger partial charge < -0.3 is 10.1 Å². The van der Waals surface area contributed by atoms with Crippen molar-refractivity contribution in [2.45, 2.75) is 38.5 Å². The number of halogens is 3. The number of alkyl halides is 2. The minimum Gasteiger partial charge on any atom is -0.435 e. The Morgan fingerprint density at radius 3 is 2.52 bits per heavy atom. The Morgan fingerprint density at radius 2 is 1.93 bits per heavy atom. The van der Waals surface area contributed by atoms with Gasteiger partial charge in [-0.05, 0) is 65.5 Å². The van der Waals surface area contributed by atoms with Crippen LogP contribution in [0.2, 0.25) is 0 Å². The van der Waals surface area contributed by atoms with E-state index in [9.17, 15) is 18.4 Å². The fourth-order valence-corrected chi connectivity index (χ4v) is 4.36. The summed E-state index contributed by atoms with van der Waals surface area (Å²) >= 11 is 4.84. The van der Waals surface area contributed by atoms with Crippen molar-refractivity contribution in [3.63, 3.8) is 0 Å². The van der Waals surface area contributed by atoms with Gasteiger partial charge in [-0.15, -0.1) is 11.3 Å². The Balaban J connectivity index is 1.62. The van der Waals surface area contributed by atoms with Gasteiger partial charge in [0, 0.05) is 4.88 Å². The number of ether oxygens (including phenoxy) is 1. The molecule has 0 spiro atoms. The van der Waals surface area contributed by atoms with Gasteiger partial charge in [0.2, 0.25) is 0 Å². The van der Waals surface area contributed by atoms with E-state index >= 15 is 0 Å². The van der Waals surface area contributed by atoms with Crippen LogP contribution in [-0.2, 0) is 17.8 Å². The average Bonchev–Trinajstić information content (AvgIpc) is 3.11. The predicted molar refractivity (Wildman–Crippen MR) is 101 cm³/mol. The number of nitrogens with zero attached hydrogens (tertiary/aromatic N) is 1. The highest BCUT2D eigenvalue weighted by atomic mass is 79.9. The minimum absolute atomic E-state index is 0.0819. The third-order valence-corrected chi connectivity index (χ3v) is 5.96. The average molecular weight is 459 g/mol. The first-order valence-electron chi connectivity index (χ1n) is 8.19. The first kappa shape index (κ1) is 19.8. The molecule has 1 aliphatic heterocycles. The van der Waals surface area contributed by atoms with Gasteiger partial charge in [-0.3, -0.25) is 9.69 Å². The minimum atomic E-state index is -2.86. The number of aryl methyl sites for hydroxylation is 1. The molecule has 1 saturated heterocycles. The van der Waals surface area contributed by atoms with Crippen LogP contribution < -0.4 is 10.1 Å². The maximum atomic E-state index is 12.8. The van der Waals surface area contributed by atoms with Crippen molar-refractivity contribution in [2.75, 3.05) is 0 Å². The van der Waals surface area contributed by atoms with Crippen LogP contribution in [0.25, 0.3) is 0 Å². The Hall–Kier alpha value is -2.00. The van der Waals surface area contributed by atoms with Crippen LogP contribution in [0.1, 0.15) is 23.8 Å². The standard InChI is InChI=1S/C18H17BrF2N2O3S/c1-18(9-8-11-2-4-12(5-3-11)26-16(20)21)15(24)23(17(25)22-18)10-13-6-7-14(19)27-13/h2-7,16H,8-10H2,1H3,(H,22,25). The summed E-state index contributed by atoms with van der Waals surface area (Å²) in [6, 6.07) is 9.59. The van der Waals surface area contributed by atoms with E-state index in [4.69, 9.17) is 0 Å². The molecule has 0 bridgehead atoms. The zero-order chi connectivity index (χ0) is 19.6. The van der Waals surface area contributed by atoms with Crippen LogP contribution in [0.5, 0.6) is 5.75 Å². The number of urea groups is 1. The molecule has 1 aromatic carbocycles. The third kappa shape index (κ3) is 4.65. The summed E-state index contributed by atoms with van der Waals surface area (Å²) in [5.41, 5.74) is -0.135. The lowest BCUT2D eigenvalue weighted by Crippen LogP contribution is -2.44. The van der Waals surface area contributed by atoms with Crippen molar-refractivity contribution >= 4 is 39.2 Å². The number of imide groups is 1. The fraction of sp³-hybridized carbons (Fsp3) is 0.333. The molecule has 9 heteroatoms. The number of nitrogens with one attached hydrogen (secondary N) is 1. The van der Waals surface area contributed by atoms with Crippen molar-refractivity contribution in [3.8, 4) is 5.75 Å². The number of thiophene rings is 1. The lowest BCUT2D eigenvalue weighted by molar-refractivity contribution is -0.131. The summed E-state index contributed by atoms with van der Waals surface area (Å²) in [7, 11) is 0. The largest absolute Gasteiger partial charge is 0.435 e. The molecule has 2 aromatic rings. The molecular weight excluding hydrogens is 442 g/mol. The van der Waals surface area contributed by atoms with E-state index in [-0.39, 0.29) is 18.2 Å². The zero-order valence-electron chi connectivity index (χ0n) is 14.4. The molecule has 1 atom stereocenters. The van der Waals surface area contributed by atoms with Gasteiger partial charge in [0.25, 0.3) is 5.91 Å². The van der Waals surface area contributed by atoms with Crippen molar-refractivity contribution in [1.82, 2.24) is 10.2 Å². The smallest absolute Gasteiger partial charge is 0.387 e. The number of carbonyl (C=O) groups is 2. The molecule has 2 heterocycles. The van der Waals surface area contributed by atoms with E-state index in [1.54, 1.807) is 19.1 Å². The maximum absolute atomic E-state index is 12.8. The topological polar surface area (TPSA) is 58.6 Å². The second-order valence-corrected chi connectivity index (χ2v) is 8.93. The molecule has 27 heavy (non-hydrogen) atoms. The van der Waals surface area contributed by atoms with Crippen molar-refractivity contribution in [2.24, 2.45) is 0 Å². The van der Waals surface area contributed by atoms with Gasteiger partial charge in [0.05, 0.1) is 10.3 Å². The predicted octanol–water partition coefficient (Wildman–Crippen LogP) is 4.56. The van der Waals surface area contributed by atoms with Gasteiger partial charge in [0.15, 0.2) is 0 Å². The lowest BCUT2D eigenvalue weighted by atomic mass is 9.93. The van der Waals surface area contributed by atoms with E-state index < -0.39 is 18.2 Å². The van der Waals surface area contributed by atoms with E-state index in [2.05, 4.69) is 26.0 Å². The van der Waals surface area contributed by atoms with Gasteiger partial charge in [-0.2, -0.15) is 8.78 Å². The number of hydrogen-bond acceptors (Lipinski definition) is 4. The molecule has 5 nitrogen and oxygen atoms in total. The van der Waals surface area contributed by atoms with E-state index in [0.717, 1.165) is 14.2 Å². The van der Waals surface area contributed by atoms with E-state index in [1.165, 1.54) is 28.4 Å². The fourth-order valence-electron chi connectivity index (χ4n) is 2.88. The van der Waals surface area contributed by atoms with Gasteiger partial charge in [-0.1, -0.05) is 12.1 Å². The zero-order valence-corrected chi connectivity index (χ0v) is 16.8. The van der Waals surface area contributed by atoms with Crippen molar-refractivity contribution < 1.29 is 23.1 Å². The Bertz CT molecular complexity index is 843. The van der Waals surface area contributed by atoms with E-state index in [1.807, 2.05) is 12.1 Å². The second-order valence-electron chi connectivity index (χ2n) is 6.38. The highest BCUT2D eigenvalue weighted by molar-refractivity contribution is 9.11. The molecule has 1 fully saturated rings. The molecule has 1 aromatic heterocycles. The Morgan fingerprint density at radius 1 is 1.22 bits per heavy atom. The number of hydrogen-bond donors (Lipinski definition) is 1. The molecule has 3 rings (SSSR count). The normalized spacial score (nSPS) is 19.7. The van der Waals surface area contributed by atoms with Crippen LogP contribution in [0.15, 0.2) is 40.2 Å². The Kier molecular flexibility index (Phi) is 5.81. The molecule has 0 saturated carbocycles. The Labute approximate surface area is 167 Å². The molecule has 144 valence electrons. The van der Waals surface area contributed by atoms with Crippen LogP contribution in [0.4, 0.5) is 13.6 Å². The number of benzene rings is 1. The number of amides is 3. The van der Waals surface area contributed by atoms with Gasteiger partial charge >= 0.3 is 12.6 Å². The van der Waals surface area contributed by atoms with E-state index in [0.29, 0.717) is 12.8 Å². The molecule has 1 unspecified atom stereocenters. The molecular formula is C18H17BrF2N2O3S. The molecule has 3 amide bonds. The number of carbonyl (C=O) groups excluding carboxylic acids is 2. The first-order chi connectivity index (χ1) is 12.8. The highest BCUT2D eigenvalue weighted by Gasteiger charge is 2.47. The van der Waals surface area contributed by atoms with Crippen LogP contribution >= 0.6 is 27.3 Å². The monoisotopic (exact) mass is 458 g/mol. The maximum Gasteiger partial charge on any atom is 0.387 e. The second kappa shape index (κ2) is 7.93. The molecule has 1 aliphatic rings. The molecule has 1 N–H and O–H groups in total.